The van der Waals surface area contributed by atoms with Gasteiger partial charge < -0.3 is 9.15 Å². The first kappa shape index (κ1) is 9.71. The molecule has 1 heterocycles. The highest BCUT2D eigenvalue weighted by Crippen LogP contribution is 2.24. The Kier molecular flexibility index (Phi) is 2.41. The summed E-state index contributed by atoms with van der Waals surface area (Å²) in [6, 6.07) is 5.76. The highest BCUT2D eigenvalue weighted by Gasteiger charge is 2.07. The second-order valence-corrected chi connectivity index (χ2v) is 3.31. The van der Waals surface area contributed by atoms with Gasteiger partial charge in [0, 0.05) is 12.5 Å². The number of hydrogen-bond donors (Lipinski definition) is 0. The van der Waals surface area contributed by atoms with Gasteiger partial charge in [0.05, 0.1) is 7.11 Å². The van der Waals surface area contributed by atoms with E-state index in [1.54, 1.807) is 14.0 Å². The fourth-order valence-corrected chi connectivity index (χ4v) is 1.42. The molecule has 0 amide bonds. The summed E-state index contributed by atoms with van der Waals surface area (Å²) in [7, 11) is 1.65. The summed E-state index contributed by atoms with van der Waals surface area (Å²) in [5.41, 5.74) is 1.96. The largest absolute Gasteiger partial charge is 0.496 e. The standard InChI is InChI=1S/C11H12N2O2/c1-7-6-9(4-5-10(7)14-3)11-13-12-8(2)15-11/h4-6H,1-3H3. The van der Waals surface area contributed by atoms with Crippen LogP contribution in [0.2, 0.25) is 0 Å². The van der Waals surface area contributed by atoms with Crippen LogP contribution in [0, 0.1) is 13.8 Å². The van der Waals surface area contributed by atoms with Crippen LogP contribution in [0.15, 0.2) is 22.6 Å². The Morgan fingerprint density at radius 1 is 1.20 bits per heavy atom. The predicted molar refractivity (Wildman–Crippen MR) is 55.8 cm³/mol. The first-order valence-electron chi connectivity index (χ1n) is 4.66. The number of hydrogen-bond acceptors (Lipinski definition) is 4. The van der Waals surface area contributed by atoms with Gasteiger partial charge in [-0.1, -0.05) is 0 Å². The maximum atomic E-state index is 5.34. The lowest BCUT2D eigenvalue weighted by atomic mass is 10.1. The molecule has 0 bridgehead atoms. The second kappa shape index (κ2) is 3.73. The van der Waals surface area contributed by atoms with Crippen LogP contribution in [-0.4, -0.2) is 17.3 Å². The highest BCUT2D eigenvalue weighted by molar-refractivity contribution is 5.56. The van der Waals surface area contributed by atoms with E-state index in [1.165, 1.54) is 0 Å². The van der Waals surface area contributed by atoms with E-state index < -0.39 is 0 Å². The van der Waals surface area contributed by atoms with Gasteiger partial charge in [-0.05, 0) is 30.7 Å². The van der Waals surface area contributed by atoms with Crippen molar-refractivity contribution in [3.63, 3.8) is 0 Å². The maximum Gasteiger partial charge on any atom is 0.247 e. The zero-order valence-electron chi connectivity index (χ0n) is 8.94. The number of benzene rings is 1. The monoisotopic (exact) mass is 204 g/mol. The van der Waals surface area contributed by atoms with Gasteiger partial charge in [-0.3, -0.25) is 0 Å². The van der Waals surface area contributed by atoms with Gasteiger partial charge in [0.15, 0.2) is 0 Å². The minimum atomic E-state index is 0.540. The third kappa shape index (κ3) is 1.83. The van der Waals surface area contributed by atoms with E-state index in [9.17, 15) is 0 Å². The number of aromatic nitrogens is 2. The predicted octanol–water partition coefficient (Wildman–Crippen LogP) is 2.36. The number of methoxy groups -OCH3 is 1. The lowest BCUT2D eigenvalue weighted by Gasteiger charge is -2.04. The van der Waals surface area contributed by atoms with Crippen LogP contribution in [0.4, 0.5) is 0 Å². The van der Waals surface area contributed by atoms with Gasteiger partial charge in [-0.2, -0.15) is 0 Å². The molecule has 1 aromatic heterocycles. The lowest BCUT2D eigenvalue weighted by molar-refractivity contribution is 0.411. The van der Waals surface area contributed by atoms with Crippen molar-refractivity contribution in [2.24, 2.45) is 0 Å². The summed E-state index contributed by atoms with van der Waals surface area (Å²) in [6.45, 7) is 3.75. The van der Waals surface area contributed by atoms with Gasteiger partial charge in [-0.25, -0.2) is 0 Å². The lowest BCUT2D eigenvalue weighted by Crippen LogP contribution is -1.87. The summed E-state index contributed by atoms with van der Waals surface area (Å²) in [6.07, 6.45) is 0. The van der Waals surface area contributed by atoms with Crippen molar-refractivity contribution in [1.82, 2.24) is 10.2 Å². The summed E-state index contributed by atoms with van der Waals surface area (Å²) in [5.74, 6) is 1.96. The van der Waals surface area contributed by atoms with Crippen molar-refractivity contribution in [2.45, 2.75) is 13.8 Å². The summed E-state index contributed by atoms with van der Waals surface area (Å²) in [5, 5.41) is 7.74. The molecule has 0 aliphatic carbocycles. The SMILES string of the molecule is COc1ccc(-c2nnc(C)o2)cc1C. The van der Waals surface area contributed by atoms with Gasteiger partial charge in [0.1, 0.15) is 5.75 Å². The molecule has 2 rings (SSSR count). The minimum Gasteiger partial charge on any atom is -0.496 e. The van der Waals surface area contributed by atoms with Gasteiger partial charge in [0.25, 0.3) is 0 Å². The zero-order valence-corrected chi connectivity index (χ0v) is 8.94. The maximum absolute atomic E-state index is 5.34. The molecule has 0 N–H and O–H groups in total. The molecule has 0 radical (unpaired) electrons. The molecule has 0 unspecified atom stereocenters. The third-order valence-electron chi connectivity index (χ3n) is 2.17. The topological polar surface area (TPSA) is 48.2 Å². The van der Waals surface area contributed by atoms with Crippen molar-refractivity contribution < 1.29 is 9.15 Å². The Bertz CT molecular complexity index is 477. The number of ether oxygens (including phenoxy) is 1. The van der Waals surface area contributed by atoms with Crippen LogP contribution in [-0.2, 0) is 0 Å². The van der Waals surface area contributed by atoms with Gasteiger partial charge in [-0.15, -0.1) is 10.2 Å². The Morgan fingerprint density at radius 2 is 2.00 bits per heavy atom. The normalized spacial score (nSPS) is 10.3. The van der Waals surface area contributed by atoms with E-state index in [2.05, 4.69) is 10.2 Å². The van der Waals surface area contributed by atoms with Crippen molar-refractivity contribution in [2.75, 3.05) is 7.11 Å². The second-order valence-electron chi connectivity index (χ2n) is 3.31. The Morgan fingerprint density at radius 3 is 2.53 bits per heavy atom. The number of rotatable bonds is 2. The Labute approximate surface area is 87.9 Å². The quantitative estimate of drug-likeness (QED) is 0.753. The van der Waals surface area contributed by atoms with Gasteiger partial charge in [0.2, 0.25) is 11.8 Å². The molecule has 4 heteroatoms. The van der Waals surface area contributed by atoms with E-state index in [0.29, 0.717) is 11.8 Å². The molecular formula is C11H12N2O2. The van der Waals surface area contributed by atoms with Crippen LogP contribution in [0.3, 0.4) is 0 Å². The number of aryl methyl sites for hydroxylation is 2. The summed E-state index contributed by atoms with van der Waals surface area (Å²) in [4.78, 5) is 0. The minimum absolute atomic E-state index is 0.540. The molecule has 0 atom stereocenters. The van der Waals surface area contributed by atoms with Crippen LogP contribution >= 0.6 is 0 Å². The fraction of sp³-hybridized carbons (Fsp3) is 0.273. The summed E-state index contributed by atoms with van der Waals surface area (Å²) >= 11 is 0. The summed E-state index contributed by atoms with van der Waals surface area (Å²) < 4.78 is 10.5. The Hall–Kier alpha value is -1.84. The molecule has 1 aromatic carbocycles. The van der Waals surface area contributed by atoms with Crippen molar-refractivity contribution in [3.05, 3.63) is 29.7 Å². The average Bonchev–Trinajstić information content (AvgIpc) is 2.65. The van der Waals surface area contributed by atoms with Crippen LogP contribution in [0.25, 0.3) is 11.5 Å². The molecule has 0 aliphatic rings. The first-order chi connectivity index (χ1) is 7.20. The molecule has 0 spiro atoms. The van der Waals surface area contributed by atoms with E-state index in [0.717, 1.165) is 16.9 Å². The van der Waals surface area contributed by atoms with Crippen molar-refractivity contribution >= 4 is 0 Å². The zero-order chi connectivity index (χ0) is 10.8. The van der Waals surface area contributed by atoms with E-state index in [1.807, 2.05) is 25.1 Å². The molecular weight excluding hydrogens is 192 g/mol. The molecule has 0 aliphatic heterocycles. The molecule has 2 aromatic rings. The number of nitrogens with zero attached hydrogens (tertiary/aromatic N) is 2. The Balaban J connectivity index is 2.42. The van der Waals surface area contributed by atoms with Crippen LogP contribution in [0.1, 0.15) is 11.5 Å². The van der Waals surface area contributed by atoms with Crippen LogP contribution < -0.4 is 4.74 Å². The highest BCUT2D eigenvalue weighted by atomic mass is 16.5. The van der Waals surface area contributed by atoms with Crippen molar-refractivity contribution in [3.8, 4) is 17.2 Å². The van der Waals surface area contributed by atoms with Gasteiger partial charge >= 0.3 is 0 Å². The molecule has 0 saturated heterocycles. The third-order valence-corrected chi connectivity index (χ3v) is 2.17. The molecule has 0 saturated carbocycles. The van der Waals surface area contributed by atoms with E-state index in [-0.39, 0.29) is 0 Å². The van der Waals surface area contributed by atoms with Crippen LogP contribution in [0.5, 0.6) is 5.75 Å². The molecule has 78 valence electrons. The van der Waals surface area contributed by atoms with Crippen molar-refractivity contribution in [1.29, 1.82) is 0 Å². The average molecular weight is 204 g/mol. The smallest absolute Gasteiger partial charge is 0.247 e. The first-order valence-corrected chi connectivity index (χ1v) is 4.66. The molecule has 4 nitrogen and oxygen atoms in total. The molecule has 15 heavy (non-hydrogen) atoms. The van der Waals surface area contributed by atoms with E-state index in [4.69, 9.17) is 9.15 Å². The molecule has 0 fully saturated rings. The fourth-order valence-electron chi connectivity index (χ4n) is 1.42. The van der Waals surface area contributed by atoms with E-state index >= 15 is 0 Å².